The van der Waals surface area contributed by atoms with Gasteiger partial charge in [0.15, 0.2) is 0 Å². The first-order valence-corrected chi connectivity index (χ1v) is 5.29. The molecule has 3 amide bonds. The van der Waals surface area contributed by atoms with E-state index in [1.165, 1.54) is 13.8 Å². The number of hydrogen-bond acceptors (Lipinski definition) is 4. The van der Waals surface area contributed by atoms with Gasteiger partial charge in [-0.15, -0.1) is 0 Å². The van der Waals surface area contributed by atoms with E-state index in [0.29, 0.717) is 5.57 Å². The summed E-state index contributed by atoms with van der Waals surface area (Å²) in [5.41, 5.74) is 0.294. The third-order valence-electron chi connectivity index (χ3n) is 1.78. The highest BCUT2D eigenvalue weighted by Gasteiger charge is 2.07. The molecule has 0 aliphatic carbocycles. The van der Waals surface area contributed by atoms with Gasteiger partial charge in [-0.1, -0.05) is 6.58 Å². The lowest BCUT2D eigenvalue weighted by molar-refractivity contribution is -0.127. The first-order chi connectivity index (χ1) is 8.32. The Morgan fingerprint density at radius 3 is 1.78 bits per heavy atom. The Morgan fingerprint density at radius 1 is 0.889 bits per heavy atom. The molecule has 0 radical (unpaired) electrons. The van der Waals surface area contributed by atoms with Crippen LogP contribution in [0.15, 0.2) is 12.2 Å². The minimum absolute atomic E-state index is 0. The number of rotatable bonds is 7. The van der Waals surface area contributed by atoms with Crippen LogP contribution in [0.1, 0.15) is 18.1 Å². The fourth-order valence-corrected chi connectivity index (χ4v) is 0.838. The second-order valence-corrected chi connectivity index (χ2v) is 3.72. The predicted molar refractivity (Wildman–Crippen MR) is 70.9 cm³/mol. The van der Waals surface area contributed by atoms with E-state index in [2.05, 4.69) is 22.5 Å². The summed E-state index contributed by atoms with van der Waals surface area (Å²) in [4.78, 5) is 44.0. The number of ketones is 1. The zero-order valence-corrected chi connectivity index (χ0v) is 10.5. The van der Waals surface area contributed by atoms with Crippen molar-refractivity contribution in [2.24, 2.45) is 0 Å². The lowest BCUT2D eigenvalue weighted by Crippen LogP contribution is -2.42. The van der Waals surface area contributed by atoms with Crippen molar-refractivity contribution in [2.45, 2.75) is 13.8 Å². The molecule has 0 rings (SSSR count). The van der Waals surface area contributed by atoms with E-state index in [0.717, 1.165) is 0 Å². The molecule has 7 heteroatoms. The molecule has 0 aliphatic rings. The molecule has 0 aromatic carbocycles. The van der Waals surface area contributed by atoms with Gasteiger partial charge in [-0.2, -0.15) is 0 Å². The molecule has 3 N–H and O–H groups in total. The van der Waals surface area contributed by atoms with Crippen molar-refractivity contribution in [1.82, 2.24) is 16.0 Å². The highest BCUT2D eigenvalue weighted by Crippen LogP contribution is 1.83. The Morgan fingerprint density at radius 2 is 1.33 bits per heavy atom. The van der Waals surface area contributed by atoms with Gasteiger partial charge in [0.25, 0.3) is 0 Å². The molecule has 0 aliphatic heterocycles. The third kappa shape index (κ3) is 8.03. The number of amides is 3. The second-order valence-electron chi connectivity index (χ2n) is 3.72. The zero-order valence-electron chi connectivity index (χ0n) is 10.5. The van der Waals surface area contributed by atoms with Crippen molar-refractivity contribution < 1.29 is 23.5 Å². The Labute approximate surface area is 109 Å². The molecule has 0 aromatic heterocycles. The maximum Gasteiger partial charge on any atom is 0.246 e. The molecule has 0 saturated carbocycles. The molecule has 0 unspecified atom stereocenters. The summed E-state index contributed by atoms with van der Waals surface area (Å²) in [5, 5.41) is 6.93. The fourth-order valence-electron chi connectivity index (χ4n) is 0.838. The van der Waals surface area contributed by atoms with Crippen LogP contribution in [0.2, 0.25) is 0 Å². The minimum Gasteiger partial charge on any atom is -0.348 e. The predicted octanol–water partition coefficient (Wildman–Crippen LogP) is -0.762. The van der Waals surface area contributed by atoms with E-state index < -0.39 is 17.7 Å². The van der Waals surface area contributed by atoms with E-state index in [4.69, 9.17) is 0 Å². The molecule has 0 saturated heterocycles. The average Bonchev–Trinajstić information content (AvgIpc) is 2.30. The van der Waals surface area contributed by atoms with Crippen LogP contribution in [0, 0.1) is 0 Å². The van der Waals surface area contributed by atoms with Gasteiger partial charge in [0.2, 0.25) is 17.7 Å². The van der Waals surface area contributed by atoms with Crippen LogP contribution in [0.5, 0.6) is 0 Å². The minimum atomic E-state index is -0.498. The van der Waals surface area contributed by atoms with Gasteiger partial charge in [-0.25, -0.2) is 0 Å². The highest BCUT2D eigenvalue weighted by molar-refractivity contribution is 5.95. The maximum atomic E-state index is 11.2. The normalized spacial score (nSPS) is 9.22. The van der Waals surface area contributed by atoms with Crippen LogP contribution in [-0.2, 0) is 19.2 Å². The molecule has 106 valence electrons. The summed E-state index contributed by atoms with van der Waals surface area (Å²) in [7, 11) is 0. The molecule has 0 atom stereocenters. The molecule has 0 heterocycles. The summed E-state index contributed by atoms with van der Waals surface area (Å²) in [6.07, 6.45) is 0. The van der Waals surface area contributed by atoms with E-state index in [1.807, 2.05) is 0 Å². The van der Waals surface area contributed by atoms with Crippen LogP contribution in [0.4, 0.5) is 0 Å². The SMILES string of the molecule is C=C(C)C(=O)NCC(=O)NCC(=O)NCC(C)=O.[HH].[HH].[HH]. The van der Waals surface area contributed by atoms with Crippen LogP contribution in [0.3, 0.4) is 0 Å². The van der Waals surface area contributed by atoms with Gasteiger partial charge in [-0.3, -0.25) is 19.2 Å². The van der Waals surface area contributed by atoms with E-state index in [9.17, 15) is 19.2 Å². The quantitative estimate of drug-likeness (QED) is 0.524. The summed E-state index contributed by atoms with van der Waals surface area (Å²) in [6.45, 7) is 5.72. The molecular formula is C11H23N3O4. The highest BCUT2D eigenvalue weighted by atomic mass is 16.2. The van der Waals surface area contributed by atoms with Gasteiger partial charge in [-0.05, 0) is 13.8 Å². The Balaban J connectivity index is -0.000000482. The molecular weight excluding hydrogens is 238 g/mol. The topological polar surface area (TPSA) is 104 Å². The van der Waals surface area contributed by atoms with Crippen LogP contribution in [0.25, 0.3) is 0 Å². The standard InChI is InChI=1S/C11H17N3O4.3H2/c1-7(2)11(18)14-6-10(17)13-5-9(16)12-4-8(3)15;;;/h1,4-6H2,2-3H3,(H,12,16)(H,13,17)(H,14,18);3*1H. The number of carbonyl (C=O) groups is 4. The number of nitrogens with one attached hydrogen (secondary N) is 3. The van der Waals surface area contributed by atoms with Crippen molar-refractivity contribution in [3.63, 3.8) is 0 Å². The van der Waals surface area contributed by atoms with Gasteiger partial charge in [0, 0.05) is 9.85 Å². The molecule has 18 heavy (non-hydrogen) atoms. The van der Waals surface area contributed by atoms with Gasteiger partial charge in [0.05, 0.1) is 19.6 Å². The monoisotopic (exact) mass is 261 g/mol. The van der Waals surface area contributed by atoms with Gasteiger partial charge in [0.1, 0.15) is 5.78 Å². The molecule has 7 nitrogen and oxygen atoms in total. The number of hydrogen-bond donors (Lipinski definition) is 3. The molecule has 0 fully saturated rings. The first-order valence-electron chi connectivity index (χ1n) is 5.29. The zero-order chi connectivity index (χ0) is 14.1. The molecule has 0 bridgehead atoms. The molecule has 0 aromatic rings. The largest absolute Gasteiger partial charge is 0.348 e. The summed E-state index contributed by atoms with van der Waals surface area (Å²) in [5.74, 6) is -1.57. The van der Waals surface area contributed by atoms with Gasteiger partial charge < -0.3 is 16.0 Å². The fraction of sp³-hybridized carbons (Fsp3) is 0.455. The molecule has 0 spiro atoms. The smallest absolute Gasteiger partial charge is 0.246 e. The van der Waals surface area contributed by atoms with Gasteiger partial charge >= 0.3 is 0 Å². The Hall–Kier alpha value is -2.18. The van der Waals surface area contributed by atoms with Crippen molar-refractivity contribution in [3.8, 4) is 0 Å². The van der Waals surface area contributed by atoms with Crippen LogP contribution >= 0.6 is 0 Å². The lowest BCUT2D eigenvalue weighted by atomic mass is 10.3. The van der Waals surface area contributed by atoms with Crippen molar-refractivity contribution >= 4 is 23.5 Å². The van der Waals surface area contributed by atoms with Crippen LogP contribution in [-0.4, -0.2) is 43.1 Å². The van der Waals surface area contributed by atoms with Crippen molar-refractivity contribution in [1.29, 1.82) is 0 Å². The maximum absolute atomic E-state index is 11.2. The summed E-state index contributed by atoms with van der Waals surface area (Å²) in [6, 6.07) is 0. The third-order valence-corrected chi connectivity index (χ3v) is 1.78. The number of Topliss-reactive ketones (excluding diaryl/α,β-unsaturated/α-hetero) is 1. The first kappa shape index (κ1) is 15.8. The Bertz CT molecular complexity index is 389. The van der Waals surface area contributed by atoms with Crippen molar-refractivity contribution in [2.75, 3.05) is 19.6 Å². The summed E-state index contributed by atoms with van der Waals surface area (Å²) >= 11 is 0. The van der Waals surface area contributed by atoms with Crippen LogP contribution < -0.4 is 16.0 Å². The average molecular weight is 261 g/mol. The van der Waals surface area contributed by atoms with Crippen molar-refractivity contribution in [3.05, 3.63) is 12.2 Å². The number of carbonyl (C=O) groups excluding carboxylic acids is 4. The Kier molecular flexibility index (Phi) is 7.02. The second kappa shape index (κ2) is 7.99. The summed E-state index contributed by atoms with van der Waals surface area (Å²) < 4.78 is 0. The van der Waals surface area contributed by atoms with E-state index in [1.54, 1.807) is 0 Å². The van der Waals surface area contributed by atoms with E-state index >= 15 is 0 Å². The van der Waals surface area contributed by atoms with E-state index in [-0.39, 0.29) is 29.7 Å². The lowest BCUT2D eigenvalue weighted by Gasteiger charge is -2.06.